The van der Waals surface area contributed by atoms with E-state index in [0.29, 0.717) is 5.56 Å². The second kappa shape index (κ2) is 8.87. The summed E-state index contributed by atoms with van der Waals surface area (Å²) in [6.07, 6.45) is -1.48. The number of nitrogens with zero attached hydrogens (tertiary/aromatic N) is 4. The van der Waals surface area contributed by atoms with Gasteiger partial charge in [-0.1, -0.05) is 18.1 Å². The van der Waals surface area contributed by atoms with Crippen LogP contribution in [0.4, 0.5) is 5.69 Å². The van der Waals surface area contributed by atoms with Gasteiger partial charge in [-0.05, 0) is 37.2 Å². The van der Waals surface area contributed by atoms with Crippen LogP contribution in [0.1, 0.15) is 30.9 Å². The molecule has 4 rings (SSSR count). The van der Waals surface area contributed by atoms with Crippen molar-refractivity contribution in [3.8, 4) is 5.75 Å². The Labute approximate surface area is 215 Å². The third-order valence-electron chi connectivity index (χ3n) is 7.53. The van der Waals surface area contributed by atoms with Gasteiger partial charge in [0.1, 0.15) is 28.9 Å². The zero-order chi connectivity index (χ0) is 28.4. The molecule has 0 aliphatic heterocycles. The second-order valence-corrected chi connectivity index (χ2v) is 9.72. The van der Waals surface area contributed by atoms with E-state index in [0.717, 1.165) is 6.92 Å². The molecular formula is C24H25N5O9. The van der Waals surface area contributed by atoms with E-state index in [1.807, 2.05) is 0 Å². The first-order valence-corrected chi connectivity index (χ1v) is 11.4. The molecule has 1 fully saturated rings. The number of primary amides is 1. The predicted molar refractivity (Wildman–Crippen MR) is 129 cm³/mol. The van der Waals surface area contributed by atoms with Gasteiger partial charge < -0.3 is 30.9 Å². The van der Waals surface area contributed by atoms with Gasteiger partial charge >= 0.3 is 5.97 Å². The topological polar surface area (TPSA) is 236 Å². The number of likely N-dealkylation sites (N-methyl/N-ethyl adjacent to an activating group) is 1. The number of ketones is 2. The zero-order valence-electron chi connectivity index (χ0n) is 20.7. The zero-order valence-corrected chi connectivity index (χ0v) is 20.7. The van der Waals surface area contributed by atoms with Crippen LogP contribution in [0.15, 0.2) is 34.2 Å². The number of azide groups is 1. The van der Waals surface area contributed by atoms with Gasteiger partial charge in [-0.25, -0.2) is 0 Å². The SMILES string of the molecule is CC(=O)OC1C2C(=C(O)c3c(ccc(N=[N+]=[N-])c3O)[C@@H]2C)C(=O)[C@]2(O)C(O)=C(C(N)=O)C(=O)[C@@H](N(C)C)C12. The summed E-state index contributed by atoms with van der Waals surface area (Å²) in [6, 6.07) is 1.29. The first-order valence-electron chi connectivity index (χ1n) is 11.4. The normalized spacial score (nSPS) is 30.3. The number of nitrogens with two attached hydrogens (primary N) is 1. The number of aliphatic hydroxyl groups is 3. The maximum Gasteiger partial charge on any atom is 0.302 e. The van der Waals surface area contributed by atoms with Gasteiger partial charge in [-0.15, -0.1) is 0 Å². The fraction of sp³-hybridized carbons (Fsp3) is 0.417. The Balaban J connectivity index is 2.13. The highest BCUT2D eigenvalue weighted by atomic mass is 16.5. The number of ether oxygens (including phenoxy) is 1. The van der Waals surface area contributed by atoms with E-state index in [1.54, 1.807) is 6.92 Å². The summed E-state index contributed by atoms with van der Waals surface area (Å²) in [6.45, 7) is 2.68. The van der Waals surface area contributed by atoms with Crippen LogP contribution in [0.2, 0.25) is 0 Å². The van der Waals surface area contributed by atoms with E-state index in [-0.39, 0.29) is 11.3 Å². The van der Waals surface area contributed by atoms with Crippen molar-refractivity contribution in [1.29, 1.82) is 0 Å². The Morgan fingerprint density at radius 3 is 2.37 bits per heavy atom. The fourth-order valence-electron chi connectivity index (χ4n) is 6.04. The number of hydrogen-bond donors (Lipinski definition) is 5. The highest BCUT2D eigenvalue weighted by Crippen LogP contribution is 2.57. The van der Waals surface area contributed by atoms with E-state index in [1.165, 1.54) is 31.1 Å². The van der Waals surface area contributed by atoms with Crippen LogP contribution in [-0.4, -0.2) is 80.6 Å². The highest BCUT2D eigenvalue weighted by molar-refractivity contribution is 6.24. The van der Waals surface area contributed by atoms with Crippen LogP contribution in [-0.2, 0) is 23.9 Å². The molecule has 0 bridgehead atoms. The summed E-state index contributed by atoms with van der Waals surface area (Å²) in [5.74, 6) is -10.9. The van der Waals surface area contributed by atoms with Crippen molar-refractivity contribution in [2.75, 3.05) is 14.1 Å². The molecule has 14 heteroatoms. The third kappa shape index (κ3) is 3.38. The Kier molecular flexibility index (Phi) is 6.22. The van der Waals surface area contributed by atoms with Crippen LogP contribution in [0.25, 0.3) is 16.2 Å². The third-order valence-corrected chi connectivity index (χ3v) is 7.53. The molecule has 3 aliphatic carbocycles. The number of rotatable bonds is 4. The fourth-order valence-corrected chi connectivity index (χ4v) is 6.04. The molecule has 1 aromatic rings. The number of benzene rings is 1. The lowest BCUT2D eigenvalue weighted by molar-refractivity contribution is -0.184. The number of fused-ring (bicyclic) bond motifs is 3. The number of phenols is 1. The van der Waals surface area contributed by atoms with Crippen LogP contribution in [0, 0.1) is 11.8 Å². The molecule has 14 nitrogen and oxygen atoms in total. The molecule has 38 heavy (non-hydrogen) atoms. The van der Waals surface area contributed by atoms with E-state index in [4.69, 9.17) is 16.0 Å². The first kappa shape index (κ1) is 26.7. The molecule has 0 heterocycles. The van der Waals surface area contributed by atoms with Crippen LogP contribution >= 0.6 is 0 Å². The molecule has 1 aromatic carbocycles. The van der Waals surface area contributed by atoms with Crippen LogP contribution < -0.4 is 5.73 Å². The minimum absolute atomic E-state index is 0.255. The molecule has 3 aliphatic rings. The van der Waals surface area contributed by atoms with Crippen molar-refractivity contribution in [2.24, 2.45) is 22.7 Å². The number of phenolic OH excluding ortho intramolecular Hbond substituents is 1. The summed E-state index contributed by atoms with van der Waals surface area (Å²) in [5, 5.41) is 48.3. The monoisotopic (exact) mass is 527 g/mol. The summed E-state index contributed by atoms with van der Waals surface area (Å²) in [5.41, 5.74) is 9.35. The molecule has 6 atom stereocenters. The van der Waals surface area contributed by atoms with E-state index < -0.39 is 87.4 Å². The van der Waals surface area contributed by atoms with Crippen LogP contribution in [0.3, 0.4) is 0 Å². The number of carbonyl (C=O) groups is 4. The summed E-state index contributed by atoms with van der Waals surface area (Å²) in [7, 11) is 2.86. The highest BCUT2D eigenvalue weighted by Gasteiger charge is 2.69. The number of esters is 1. The Morgan fingerprint density at radius 2 is 1.84 bits per heavy atom. The standard InChI is InChI=1S/C24H25N5O9/c1-7-9-5-6-10(27-28-26)17(31)12(9)18(32)13-11(7)20(38-8(2)30)15-16(29(3)4)19(33)14(23(25)36)22(35)24(15,37)21(13)34/h5-7,11,15-16,20,31-32,35,37H,1-4H3,(H2,25,36)/t7-,11?,15?,16-,20?,24-/m0/s1. The van der Waals surface area contributed by atoms with Crippen molar-refractivity contribution in [1.82, 2.24) is 4.90 Å². The summed E-state index contributed by atoms with van der Waals surface area (Å²) < 4.78 is 5.59. The van der Waals surface area contributed by atoms with E-state index in [9.17, 15) is 39.6 Å². The quantitative estimate of drug-likeness (QED) is 0.122. The maximum atomic E-state index is 14.0. The van der Waals surface area contributed by atoms with Gasteiger partial charge in [0, 0.05) is 23.3 Å². The molecule has 0 radical (unpaired) electrons. The number of carbonyl (C=O) groups excluding carboxylic acids is 4. The van der Waals surface area contributed by atoms with Gasteiger partial charge in [-0.2, -0.15) is 0 Å². The number of hydrogen-bond acceptors (Lipinski definition) is 11. The Bertz CT molecular complexity index is 1420. The molecule has 1 saturated carbocycles. The Morgan fingerprint density at radius 1 is 1.21 bits per heavy atom. The molecule has 0 saturated heterocycles. The van der Waals surface area contributed by atoms with Crippen molar-refractivity contribution in [3.05, 3.63) is 50.6 Å². The molecule has 1 amide bonds. The number of Topliss-reactive ketones (excluding diaryl/α,β-unsaturated/α-hetero) is 2. The minimum Gasteiger partial charge on any atom is -0.508 e. The minimum atomic E-state index is -3.03. The van der Waals surface area contributed by atoms with Gasteiger partial charge in [0.2, 0.25) is 5.78 Å². The molecule has 0 spiro atoms. The van der Waals surface area contributed by atoms with Gasteiger partial charge in [0.05, 0.1) is 23.2 Å². The van der Waals surface area contributed by atoms with Crippen molar-refractivity contribution in [3.63, 3.8) is 0 Å². The molecule has 0 aromatic heterocycles. The number of amides is 1. The van der Waals surface area contributed by atoms with Crippen molar-refractivity contribution >= 4 is 34.9 Å². The molecule has 3 unspecified atom stereocenters. The number of aliphatic hydroxyl groups excluding tert-OH is 2. The summed E-state index contributed by atoms with van der Waals surface area (Å²) in [4.78, 5) is 55.7. The van der Waals surface area contributed by atoms with Gasteiger partial charge in [0.25, 0.3) is 5.91 Å². The van der Waals surface area contributed by atoms with Crippen molar-refractivity contribution < 1.29 is 44.3 Å². The lowest BCUT2D eigenvalue weighted by Crippen LogP contribution is -2.71. The lowest BCUT2D eigenvalue weighted by Gasteiger charge is -2.54. The molecular weight excluding hydrogens is 502 g/mol. The predicted octanol–water partition coefficient (Wildman–Crippen LogP) is 1.01. The first-order chi connectivity index (χ1) is 17.7. The summed E-state index contributed by atoms with van der Waals surface area (Å²) >= 11 is 0. The Hall–Kier alpha value is -4.39. The van der Waals surface area contributed by atoms with E-state index >= 15 is 0 Å². The second-order valence-electron chi connectivity index (χ2n) is 9.72. The lowest BCUT2D eigenvalue weighted by atomic mass is 9.54. The van der Waals surface area contributed by atoms with Crippen LogP contribution in [0.5, 0.6) is 5.75 Å². The average molecular weight is 527 g/mol. The molecule has 200 valence electrons. The van der Waals surface area contributed by atoms with Gasteiger partial charge in [-0.3, -0.25) is 24.1 Å². The number of aromatic hydroxyl groups is 1. The maximum absolute atomic E-state index is 14.0. The smallest absolute Gasteiger partial charge is 0.302 e. The average Bonchev–Trinajstić information content (AvgIpc) is 2.81. The molecule has 6 N–H and O–H groups in total. The largest absolute Gasteiger partial charge is 0.508 e. The van der Waals surface area contributed by atoms with Gasteiger partial charge in [0.15, 0.2) is 11.4 Å². The van der Waals surface area contributed by atoms with E-state index in [2.05, 4.69) is 10.0 Å². The van der Waals surface area contributed by atoms with Crippen molar-refractivity contribution in [2.45, 2.75) is 37.5 Å².